The van der Waals surface area contributed by atoms with Gasteiger partial charge in [0.1, 0.15) is 23.8 Å². The van der Waals surface area contributed by atoms with Gasteiger partial charge in [0, 0.05) is 34.6 Å². The number of hydrogen-bond acceptors (Lipinski definition) is 4. The number of carbonyl (C=O) groups excluding carboxylic acids is 2. The monoisotopic (exact) mass is 405 g/mol. The second kappa shape index (κ2) is 7.40. The molecule has 0 unspecified atom stereocenters. The van der Waals surface area contributed by atoms with Gasteiger partial charge in [-0.2, -0.15) is 0 Å². The van der Waals surface area contributed by atoms with Crippen LogP contribution in [0.15, 0.2) is 42.5 Å². The molecule has 7 heteroatoms. The maximum Gasteiger partial charge on any atom is 0.270 e. The van der Waals surface area contributed by atoms with E-state index in [0.717, 1.165) is 46.5 Å². The molecule has 0 radical (unpaired) electrons. The number of nitrogens with one attached hydrogen (secondary N) is 2. The van der Waals surface area contributed by atoms with Gasteiger partial charge >= 0.3 is 0 Å². The average Bonchev–Trinajstić information content (AvgIpc) is 3.55. The Hall–Kier alpha value is -3.48. The molecule has 2 amide bonds. The van der Waals surface area contributed by atoms with Crippen molar-refractivity contribution in [2.45, 2.75) is 19.4 Å². The molecule has 30 heavy (non-hydrogen) atoms. The highest BCUT2D eigenvalue weighted by Crippen LogP contribution is 2.32. The predicted molar refractivity (Wildman–Crippen MR) is 113 cm³/mol. The lowest BCUT2D eigenvalue weighted by Crippen LogP contribution is -2.32. The molecule has 1 aromatic heterocycles. The van der Waals surface area contributed by atoms with Crippen molar-refractivity contribution >= 4 is 28.4 Å². The van der Waals surface area contributed by atoms with E-state index in [4.69, 9.17) is 9.47 Å². The molecule has 0 bridgehead atoms. The summed E-state index contributed by atoms with van der Waals surface area (Å²) in [4.78, 5) is 30.2. The first-order valence-electron chi connectivity index (χ1n) is 10.1. The van der Waals surface area contributed by atoms with Crippen LogP contribution in [0.3, 0.4) is 0 Å². The predicted octanol–water partition coefficient (Wildman–Crippen LogP) is 3.56. The maximum absolute atomic E-state index is 13.2. The number of anilines is 1. The summed E-state index contributed by atoms with van der Waals surface area (Å²) in [5, 5.41) is 3.89. The third-order valence-electron chi connectivity index (χ3n) is 5.60. The smallest absolute Gasteiger partial charge is 0.270 e. The molecule has 0 spiro atoms. The molecule has 1 aliphatic heterocycles. The van der Waals surface area contributed by atoms with E-state index in [0.29, 0.717) is 25.4 Å². The number of aromatic nitrogens is 1. The van der Waals surface area contributed by atoms with Crippen LogP contribution in [0.2, 0.25) is 0 Å². The van der Waals surface area contributed by atoms with E-state index in [1.165, 1.54) is 0 Å². The minimum Gasteiger partial charge on any atom is -0.497 e. The van der Waals surface area contributed by atoms with Crippen LogP contribution in [0.1, 0.15) is 28.9 Å². The summed E-state index contributed by atoms with van der Waals surface area (Å²) in [7, 11) is 1.62. The fourth-order valence-electron chi connectivity index (χ4n) is 3.76. The number of amides is 2. The lowest BCUT2D eigenvalue weighted by molar-refractivity contribution is -0.117. The first-order valence-corrected chi connectivity index (χ1v) is 10.1. The third kappa shape index (κ3) is 3.58. The minimum absolute atomic E-state index is 0.0610. The van der Waals surface area contributed by atoms with E-state index >= 15 is 0 Å². The van der Waals surface area contributed by atoms with Crippen molar-refractivity contribution in [2.24, 2.45) is 5.92 Å². The van der Waals surface area contributed by atoms with Crippen molar-refractivity contribution in [1.82, 2.24) is 9.88 Å². The topological polar surface area (TPSA) is 83.7 Å². The van der Waals surface area contributed by atoms with Gasteiger partial charge in [-0.05, 0) is 55.3 Å². The summed E-state index contributed by atoms with van der Waals surface area (Å²) in [6, 6.07) is 13.1. The highest BCUT2D eigenvalue weighted by Gasteiger charge is 2.30. The molecule has 7 nitrogen and oxygen atoms in total. The van der Waals surface area contributed by atoms with Crippen molar-refractivity contribution in [2.75, 3.05) is 25.6 Å². The van der Waals surface area contributed by atoms with Crippen LogP contribution >= 0.6 is 0 Å². The first kappa shape index (κ1) is 18.5. The molecule has 0 saturated heterocycles. The first-order chi connectivity index (χ1) is 14.6. The Kier molecular flexibility index (Phi) is 4.58. The quantitative estimate of drug-likeness (QED) is 0.695. The van der Waals surface area contributed by atoms with Crippen LogP contribution in [0.5, 0.6) is 11.5 Å². The molecule has 1 saturated carbocycles. The van der Waals surface area contributed by atoms with Crippen molar-refractivity contribution in [3.8, 4) is 11.5 Å². The number of H-pyrrole nitrogens is 1. The Morgan fingerprint density at radius 1 is 1.17 bits per heavy atom. The summed E-state index contributed by atoms with van der Waals surface area (Å²) in [6.07, 6.45) is 1.91. The number of ether oxygens (including phenoxy) is 2. The maximum atomic E-state index is 13.2. The number of methoxy groups -OCH3 is 1. The zero-order valence-electron chi connectivity index (χ0n) is 16.7. The Morgan fingerprint density at radius 2 is 2.03 bits per heavy atom. The number of benzene rings is 2. The van der Waals surface area contributed by atoms with Crippen molar-refractivity contribution in [1.29, 1.82) is 0 Å². The van der Waals surface area contributed by atoms with E-state index in [1.54, 1.807) is 12.0 Å². The Morgan fingerprint density at radius 3 is 2.83 bits per heavy atom. The van der Waals surface area contributed by atoms with E-state index in [-0.39, 0.29) is 17.7 Å². The van der Waals surface area contributed by atoms with E-state index in [2.05, 4.69) is 10.3 Å². The number of hydrogen-bond donors (Lipinski definition) is 2. The summed E-state index contributed by atoms with van der Waals surface area (Å²) in [6.45, 7) is 1.32. The van der Waals surface area contributed by atoms with Gasteiger partial charge in [0.05, 0.1) is 13.7 Å². The van der Waals surface area contributed by atoms with Crippen LogP contribution in [-0.4, -0.2) is 42.0 Å². The van der Waals surface area contributed by atoms with E-state index < -0.39 is 0 Å². The van der Waals surface area contributed by atoms with Crippen LogP contribution in [-0.2, 0) is 11.3 Å². The lowest BCUT2D eigenvalue weighted by atomic mass is 10.1. The second-order valence-corrected chi connectivity index (χ2v) is 7.80. The Bertz CT molecular complexity index is 1130. The summed E-state index contributed by atoms with van der Waals surface area (Å²) >= 11 is 0. The molecule has 3 aromatic rings. The van der Waals surface area contributed by atoms with Gasteiger partial charge in [0.25, 0.3) is 5.91 Å². The average molecular weight is 405 g/mol. The lowest BCUT2D eigenvalue weighted by Gasteiger charge is -2.19. The van der Waals surface area contributed by atoms with E-state index in [9.17, 15) is 9.59 Å². The van der Waals surface area contributed by atoms with Crippen molar-refractivity contribution in [3.05, 3.63) is 53.7 Å². The molecular weight excluding hydrogens is 382 g/mol. The molecule has 1 fully saturated rings. The number of carbonyl (C=O) groups is 2. The molecule has 2 heterocycles. The van der Waals surface area contributed by atoms with Gasteiger partial charge in [0.2, 0.25) is 5.91 Å². The number of fused-ring (bicyclic) bond motifs is 2. The SMILES string of the molecule is COc1ccc2[nH]c(C(=O)N3CCOc4ccc(NC(=O)C5CC5)cc4C3)cc2c1. The normalized spacial score (nSPS) is 15.8. The van der Waals surface area contributed by atoms with E-state index in [1.807, 2.05) is 42.5 Å². The summed E-state index contributed by atoms with van der Waals surface area (Å²) < 4.78 is 11.1. The Labute approximate surface area is 174 Å². The summed E-state index contributed by atoms with van der Waals surface area (Å²) in [5.74, 6) is 1.60. The summed E-state index contributed by atoms with van der Waals surface area (Å²) in [5.41, 5.74) is 3.03. The van der Waals surface area contributed by atoms with Gasteiger partial charge in [-0.15, -0.1) is 0 Å². The molecular formula is C23H23N3O4. The number of aromatic amines is 1. The molecule has 0 atom stereocenters. The van der Waals surface area contributed by atoms with Gasteiger partial charge < -0.3 is 24.7 Å². The molecule has 2 aliphatic rings. The van der Waals surface area contributed by atoms with Crippen LogP contribution in [0.25, 0.3) is 10.9 Å². The highest BCUT2D eigenvalue weighted by molar-refractivity contribution is 5.98. The number of nitrogens with zero attached hydrogens (tertiary/aromatic N) is 1. The number of rotatable bonds is 4. The molecule has 154 valence electrons. The Balaban J connectivity index is 1.38. The molecule has 1 aliphatic carbocycles. The largest absolute Gasteiger partial charge is 0.497 e. The third-order valence-corrected chi connectivity index (χ3v) is 5.60. The van der Waals surface area contributed by atoms with Crippen molar-refractivity contribution in [3.63, 3.8) is 0 Å². The molecule has 2 N–H and O–H groups in total. The highest BCUT2D eigenvalue weighted by atomic mass is 16.5. The zero-order chi connectivity index (χ0) is 20.7. The van der Waals surface area contributed by atoms with Gasteiger partial charge in [0.15, 0.2) is 0 Å². The standard InChI is InChI=1S/C23H23N3O4/c1-29-18-5-6-19-15(11-18)12-20(25-19)23(28)26-8-9-30-21-7-4-17(10-16(21)13-26)24-22(27)14-2-3-14/h4-7,10-12,14,25H,2-3,8-9,13H2,1H3,(H,24,27). The molecule has 2 aromatic carbocycles. The van der Waals surface area contributed by atoms with Gasteiger partial charge in [-0.1, -0.05) is 0 Å². The molecule has 5 rings (SSSR count). The van der Waals surface area contributed by atoms with Crippen molar-refractivity contribution < 1.29 is 19.1 Å². The van der Waals surface area contributed by atoms with Gasteiger partial charge in [-0.3, -0.25) is 9.59 Å². The fraction of sp³-hybridized carbons (Fsp3) is 0.304. The van der Waals surface area contributed by atoms with Crippen LogP contribution in [0, 0.1) is 5.92 Å². The second-order valence-electron chi connectivity index (χ2n) is 7.80. The van der Waals surface area contributed by atoms with Gasteiger partial charge in [-0.25, -0.2) is 0 Å². The fourth-order valence-corrected chi connectivity index (χ4v) is 3.76. The minimum atomic E-state index is -0.0889. The van der Waals surface area contributed by atoms with Crippen LogP contribution < -0.4 is 14.8 Å². The zero-order valence-corrected chi connectivity index (χ0v) is 16.7. The van der Waals surface area contributed by atoms with Crippen LogP contribution in [0.4, 0.5) is 5.69 Å².